The van der Waals surface area contributed by atoms with Crippen LogP contribution in [0.15, 0.2) is 24.3 Å². The number of likely N-dealkylation sites (N-methyl/N-ethyl adjacent to an activating group) is 1. The Balaban J connectivity index is 2.18. The fraction of sp³-hybridized carbons (Fsp3) is 0.500. The van der Waals surface area contributed by atoms with Gasteiger partial charge >= 0.3 is 0 Å². The molecule has 1 aliphatic heterocycles. The molecule has 5 heteroatoms. The first kappa shape index (κ1) is 15.5. The molecule has 114 valence electrons. The molecule has 0 spiro atoms. The van der Waals surface area contributed by atoms with Gasteiger partial charge < -0.3 is 14.5 Å². The summed E-state index contributed by atoms with van der Waals surface area (Å²) in [4.78, 5) is 28.1. The van der Waals surface area contributed by atoms with Crippen molar-refractivity contribution >= 4 is 11.8 Å². The molecule has 2 amide bonds. The maximum absolute atomic E-state index is 12.7. The lowest BCUT2D eigenvalue weighted by molar-refractivity contribution is -0.132. The second-order valence-electron chi connectivity index (χ2n) is 5.52. The third-order valence-corrected chi connectivity index (χ3v) is 3.72. The molecular formula is C16H22N2O3. The first-order chi connectivity index (χ1) is 10.0. The van der Waals surface area contributed by atoms with Crippen LogP contribution in [0, 0.1) is 0 Å². The number of likely N-dealkylation sites (tertiary alicyclic amines) is 1. The summed E-state index contributed by atoms with van der Waals surface area (Å²) in [5.41, 5.74) is 1.57. The molecule has 1 aliphatic rings. The van der Waals surface area contributed by atoms with E-state index in [9.17, 15) is 9.59 Å². The molecule has 1 heterocycles. The van der Waals surface area contributed by atoms with Gasteiger partial charge in [0.1, 0.15) is 6.04 Å². The molecule has 5 nitrogen and oxygen atoms in total. The summed E-state index contributed by atoms with van der Waals surface area (Å²) in [6.45, 7) is 1.11. The first-order valence-corrected chi connectivity index (χ1v) is 7.14. The Hall–Kier alpha value is -1.88. The lowest BCUT2D eigenvalue weighted by Crippen LogP contribution is -2.45. The standard InChI is InChI=1S/C16H22N2O3/c1-17(2)16(20)14-8-5-9-18(14)15(19)13-7-4-6-12(10-13)11-21-3/h4,6-7,10,14H,5,8-9,11H2,1-3H3. The highest BCUT2D eigenvalue weighted by molar-refractivity contribution is 5.98. The lowest BCUT2D eigenvalue weighted by Gasteiger charge is -2.26. The highest BCUT2D eigenvalue weighted by Crippen LogP contribution is 2.22. The average Bonchev–Trinajstić information content (AvgIpc) is 2.95. The smallest absolute Gasteiger partial charge is 0.254 e. The molecule has 1 unspecified atom stereocenters. The van der Waals surface area contributed by atoms with Crippen LogP contribution in [0.5, 0.6) is 0 Å². The van der Waals surface area contributed by atoms with E-state index in [4.69, 9.17) is 4.74 Å². The normalized spacial score (nSPS) is 17.9. The number of ether oxygens (including phenoxy) is 1. The number of methoxy groups -OCH3 is 1. The van der Waals surface area contributed by atoms with Gasteiger partial charge in [-0.2, -0.15) is 0 Å². The van der Waals surface area contributed by atoms with Gasteiger partial charge in [0.25, 0.3) is 5.91 Å². The van der Waals surface area contributed by atoms with Gasteiger partial charge in [0.05, 0.1) is 6.61 Å². The van der Waals surface area contributed by atoms with Gasteiger partial charge in [-0.1, -0.05) is 12.1 Å². The third kappa shape index (κ3) is 3.42. The number of nitrogens with zero attached hydrogens (tertiary/aromatic N) is 2. The molecule has 1 atom stereocenters. The molecule has 1 fully saturated rings. The van der Waals surface area contributed by atoms with Crippen LogP contribution in [-0.4, -0.2) is 55.4 Å². The van der Waals surface area contributed by atoms with E-state index in [2.05, 4.69) is 0 Å². The van der Waals surface area contributed by atoms with E-state index in [1.807, 2.05) is 18.2 Å². The molecule has 21 heavy (non-hydrogen) atoms. The second kappa shape index (κ2) is 6.72. The van der Waals surface area contributed by atoms with Gasteiger partial charge in [-0.3, -0.25) is 9.59 Å². The van der Waals surface area contributed by atoms with E-state index in [-0.39, 0.29) is 17.9 Å². The Morgan fingerprint density at radius 2 is 2.14 bits per heavy atom. The van der Waals surface area contributed by atoms with Crippen molar-refractivity contribution in [2.45, 2.75) is 25.5 Å². The monoisotopic (exact) mass is 290 g/mol. The van der Waals surface area contributed by atoms with Crippen LogP contribution in [-0.2, 0) is 16.1 Å². The van der Waals surface area contributed by atoms with Gasteiger partial charge in [0, 0.05) is 33.3 Å². The highest BCUT2D eigenvalue weighted by atomic mass is 16.5. The van der Waals surface area contributed by atoms with E-state index >= 15 is 0 Å². The van der Waals surface area contributed by atoms with Crippen LogP contribution in [0.2, 0.25) is 0 Å². The Bertz CT molecular complexity index is 528. The predicted octanol–water partition coefficient (Wildman–Crippen LogP) is 1.53. The molecule has 0 aliphatic carbocycles. The van der Waals surface area contributed by atoms with E-state index < -0.39 is 0 Å². The van der Waals surface area contributed by atoms with Crippen LogP contribution >= 0.6 is 0 Å². The quantitative estimate of drug-likeness (QED) is 0.845. The fourth-order valence-corrected chi connectivity index (χ4v) is 2.69. The minimum absolute atomic E-state index is 0.00565. The summed E-state index contributed by atoms with van der Waals surface area (Å²) in [5.74, 6) is -0.0838. The average molecular weight is 290 g/mol. The summed E-state index contributed by atoms with van der Waals surface area (Å²) in [5, 5.41) is 0. The van der Waals surface area contributed by atoms with Gasteiger partial charge in [0.2, 0.25) is 5.91 Å². The number of rotatable bonds is 4. The Morgan fingerprint density at radius 1 is 1.38 bits per heavy atom. The van der Waals surface area contributed by atoms with Crippen LogP contribution in [0.4, 0.5) is 0 Å². The molecule has 1 aromatic rings. The molecule has 0 bridgehead atoms. The van der Waals surface area contributed by atoms with Crippen LogP contribution in [0.25, 0.3) is 0 Å². The van der Waals surface area contributed by atoms with Crippen molar-refractivity contribution in [2.24, 2.45) is 0 Å². The van der Waals surface area contributed by atoms with E-state index in [0.717, 1.165) is 18.4 Å². The molecule has 2 rings (SSSR count). The van der Waals surface area contributed by atoms with E-state index in [0.29, 0.717) is 18.7 Å². The molecule has 0 aromatic heterocycles. The zero-order valence-corrected chi connectivity index (χ0v) is 12.8. The minimum atomic E-state index is -0.335. The predicted molar refractivity (Wildman–Crippen MR) is 79.9 cm³/mol. The number of benzene rings is 1. The van der Waals surface area contributed by atoms with Crippen LogP contribution in [0.3, 0.4) is 0 Å². The summed E-state index contributed by atoms with van der Waals surface area (Å²) < 4.78 is 5.09. The SMILES string of the molecule is COCc1cccc(C(=O)N2CCCC2C(=O)N(C)C)c1. The third-order valence-electron chi connectivity index (χ3n) is 3.72. The topological polar surface area (TPSA) is 49.9 Å². The Kier molecular flexibility index (Phi) is 4.96. The molecule has 0 N–H and O–H groups in total. The van der Waals surface area contributed by atoms with Crippen molar-refractivity contribution in [3.05, 3.63) is 35.4 Å². The lowest BCUT2D eigenvalue weighted by atomic mass is 10.1. The molecule has 0 radical (unpaired) electrons. The molecule has 1 aromatic carbocycles. The highest BCUT2D eigenvalue weighted by Gasteiger charge is 2.35. The van der Waals surface area contributed by atoms with Crippen molar-refractivity contribution in [1.29, 1.82) is 0 Å². The number of carbonyl (C=O) groups is 2. The summed E-state index contributed by atoms with van der Waals surface area (Å²) in [6.07, 6.45) is 1.61. The Labute approximate surface area is 125 Å². The second-order valence-corrected chi connectivity index (χ2v) is 5.52. The van der Waals surface area contributed by atoms with Crippen LogP contribution in [0.1, 0.15) is 28.8 Å². The van der Waals surface area contributed by atoms with Crippen molar-refractivity contribution in [1.82, 2.24) is 9.80 Å². The van der Waals surface area contributed by atoms with Gasteiger partial charge in [-0.25, -0.2) is 0 Å². The number of hydrogen-bond donors (Lipinski definition) is 0. The maximum atomic E-state index is 12.7. The fourth-order valence-electron chi connectivity index (χ4n) is 2.69. The summed E-state index contributed by atoms with van der Waals surface area (Å²) >= 11 is 0. The van der Waals surface area contributed by atoms with Gasteiger partial charge in [-0.05, 0) is 30.5 Å². The largest absolute Gasteiger partial charge is 0.380 e. The van der Waals surface area contributed by atoms with Gasteiger partial charge in [-0.15, -0.1) is 0 Å². The summed E-state index contributed by atoms with van der Waals surface area (Å²) in [6, 6.07) is 7.06. The number of hydrogen-bond acceptors (Lipinski definition) is 3. The number of carbonyl (C=O) groups excluding carboxylic acids is 2. The van der Waals surface area contributed by atoms with E-state index in [1.165, 1.54) is 0 Å². The Morgan fingerprint density at radius 3 is 2.81 bits per heavy atom. The molecule has 1 saturated heterocycles. The summed E-state index contributed by atoms with van der Waals surface area (Å²) in [7, 11) is 5.08. The number of amides is 2. The zero-order chi connectivity index (χ0) is 15.4. The van der Waals surface area contributed by atoms with Gasteiger partial charge in [0.15, 0.2) is 0 Å². The molecule has 0 saturated carbocycles. The van der Waals surface area contributed by atoms with Crippen molar-refractivity contribution in [3.63, 3.8) is 0 Å². The van der Waals surface area contributed by atoms with Crippen molar-refractivity contribution in [3.8, 4) is 0 Å². The van der Waals surface area contributed by atoms with E-state index in [1.54, 1.807) is 37.1 Å². The zero-order valence-electron chi connectivity index (χ0n) is 12.8. The molecular weight excluding hydrogens is 268 g/mol. The van der Waals surface area contributed by atoms with Crippen LogP contribution < -0.4 is 0 Å². The van der Waals surface area contributed by atoms with Crippen molar-refractivity contribution < 1.29 is 14.3 Å². The van der Waals surface area contributed by atoms with Crippen molar-refractivity contribution in [2.75, 3.05) is 27.7 Å². The maximum Gasteiger partial charge on any atom is 0.254 e. The minimum Gasteiger partial charge on any atom is -0.380 e. The first-order valence-electron chi connectivity index (χ1n) is 7.14.